The Balaban J connectivity index is 1.26. The van der Waals surface area contributed by atoms with Gasteiger partial charge in [-0.15, -0.1) is 0 Å². The fraction of sp³-hybridized carbons (Fsp3) is 0.947. The molecular formula is C19H34N4O5. The topological polar surface area (TPSA) is 113 Å². The lowest BCUT2D eigenvalue weighted by Crippen LogP contribution is -2.50. The number of piperidine rings is 1. The van der Waals surface area contributed by atoms with Gasteiger partial charge in [-0.2, -0.15) is 5.48 Å². The second-order valence-corrected chi connectivity index (χ2v) is 8.60. The number of aliphatic hydroxyl groups is 1. The van der Waals surface area contributed by atoms with E-state index in [0.29, 0.717) is 31.5 Å². The molecule has 0 aromatic heterocycles. The molecular weight excluding hydrogens is 364 g/mol. The summed E-state index contributed by atoms with van der Waals surface area (Å²) in [6.45, 7) is 1.98. The molecule has 0 radical (unpaired) electrons. The number of ether oxygens (including phenoxy) is 2. The van der Waals surface area contributed by atoms with E-state index in [1.165, 1.54) is 0 Å². The monoisotopic (exact) mass is 398 g/mol. The van der Waals surface area contributed by atoms with E-state index in [1.807, 2.05) is 0 Å². The van der Waals surface area contributed by atoms with Crippen molar-refractivity contribution in [2.75, 3.05) is 33.5 Å². The summed E-state index contributed by atoms with van der Waals surface area (Å²) < 4.78 is 11.2. The number of hydrogen-bond donors (Lipinski definition) is 5. The van der Waals surface area contributed by atoms with Crippen LogP contribution in [-0.2, 0) is 19.1 Å². The van der Waals surface area contributed by atoms with Gasteiger partial charge in [-0.25, -0.2) is 0 Å². The molecule has 4 fully saturated rings. The first-order valence-corrected chi connectivity index (χ1v) is 10.6. The molecule has 4 rings (SSSR count). The molecule has 1 amide bonds. The quantitative estimate of drug-likeness (QED) is 0.390. The van der Waals surface area contributed by atoms with E-state index >= 15 is 0 Å². The van der Waals surface area contributed by atoms with Crippen molar-refractivity contribution >= 4 is 5.91 Å². The molecule has 9 nitrogen and oxygen atoms in total. The smallest absolute Gasteiger partial charge is 0.223 e. The number of methoxy groups -OCH3 is 1. The van der Waals surface area contributed by atoms with E-state index in [4.69, 9.17) is 14.3 Å². The van der Waals surface area contributed by atoms with Crippen LogP contribution in [0.3, 0.4) is 0 Å². The summed E-state index contributed by atoms with van der Waals surface area (Å²) in [4.78, 5) is 18.3. The third kappa shape index (κ3) is 4.51. The lowest BCUT2D eigenvalue weighted by Gasteiger charge is -2.36. The molecule has 3 aliphatic heterocycles. The van der Waals surface area contributed by atoms with Gasteiger partial charge in [0.25, 0.3) is 0 Å². The predicted molar refractivity (Wildman–Crippen MR) is 101 cm³/mol. The number of rotatable bonds is 6. The highest BCUT2D eigenvalue weighted by Gasteiger charge is 2.45. The molecule has 7 unspecified atom stereocenters. The maximum atomic E-state index is 12.7. The van der Waals surface area contributed by atoms with Gasteiger partial charge in [0.1, 0.15) is 0 Å². The van der Waals surface area contributed by atoms with Gasteiger partial charge in [-0.3, -0.25) is 14.9 Å². The van der Waals surface area contributed by atoms with Crippen molar-refractivity contribution < 1.29 is 24.2 Å². The van der Waals surface area contributed by atoms with Gasteiger partial charge in [0.05, 0.1) is 38.1 Å². The van der Waals surface area contributed by atoms with Gasteiger partial charge in [-0.1, -0.05) is 0 Å². The maximum absolute atomic E-state index is 12.7. The normalized spacial score (nSPS) is 43.6. The summed E-state index contributed by atoms with van der Waals surface area (Å²) in [6.07, 6.45) is 4.80. The summed E-state index contributed by atoms with van der Waals surface area (Å²) in [7, 11) is 1.66. The van der Waals surface area contributed by atoms with Gasteiger partial charge in [0.15, 0.2) is 6.23 Å². The number of carbonyl (C=O) groups is 1. The van der Waals surface area contributed by atoms with Gasteiger partial charge in [-0.05, 0) is 44.6 Å². The third-order valence-electron chi connectivity index (χ3n) is 6.80. The fourth-order valence-electron chi connectivity index (χ4n) is 5.21. The molecule has 160 valence electrons. The number of nitrogens with one attached hydrogen (secondary N) is 4. The number of amides is 1. The number of aliphatic hydroxyl groups excluding tert-OH is 1. The van der Waals surface area contributed by atoms with Crippen LogP contribution in [0.5, 0.6) is 0 Å². The molecule has 0 aromatic rings. The van der Waals surface area contributed by atoms with Gasteiger partial charge < -0.3 is 25.2 Å². The van der Waals surface area contributed by atoms with E-state index in [-0.39, 0.29) is 49.0 Å². The minimum Gasteiger partial charge on any atom is -0.395 e. The zero-order chi connectivity index (χ0) is 19.5. The van der Waals surface area contributed by atoms with Crippen LogP contribution in [0.4, 0.5) is 0 Å². The summed E-state index contributed by atoms with van der Waals surface area (Å²) in [5.41, 5.74) is 3.09. The molecule has 3 heterocycles. The lowest BCUT2D eigenvalue weighted by atomic mass is 9.76. The van der Waals surface area contributed by atoms with E-state index in [9.17, 15) is 9.90 Å². The lowest BCUT2D eigenvalue weighted by molar-refractivity contribution is -0.127. The summed E-state index contributed by atoms with van der Waals surface area (Å²) in [6, 6.07) is 0.131. The highest BCUT2D eigenvalue weighted by molar-refractivity contribution is 5.79. The molecule has 3 saturated heterocycles. The van der Waals surface area contributed by atoms with Gasteiger partial charge >= 0.3 is 0 Å². The molecule has 1 saturated carbocycles. The number of fused-ring (bicyclic) bond motifs is 1. The first kappa shape index (κ1) is 20.5. The van der Waals surface area contributed by atoms with Crippen molar-refractivity contribution in [2.45, 2.75) is 62.7 Å². The zero-order valence-electron chi connectivity index (χ0n) is 16.6. The second-order valence-electron chi connectivity index (χ2n) is 8.60. The second kappa shape index (κ2) is 9.34. The van der Waals surface area contributed by atoms with Crippen LogP contribution in [0, 0.1) is 17.8 Å². The zero-order valence-corrected chi connectivity index (χ0v) is 16.6. The van der Waals surface area contributed by atoms with E-state index in [0.717, 1.165) is 32.2 Å². The Bertz CT molecular complexity index is 538. The molecule has 9 heteroatoms. The van der Waals surface area contributed by atoms with Crippen LogP contribution in [0.2, 0.25) is 0 Å². The molecule has 8 atom stereocenters. The summed E-state index contributed by atoms with van der Waals surface area (Å²) >= 11 is 0. The van der Waals surface area contributed by atoms with Crippen molar-refractivity contribution in [2.24, 2.45) is 17.8 Å². The minimum absolute atomic E-state index is 0.0180. The Labute approximate surface area is 166 Å². The standard InChI is InChI=1S/C19H34N4O5/c1-26-10-17-22-18(23-28-17)11-2-3-14-15(9-27-16(14)7-11)21-19(25)12-4-5-20-13(6-12)8-24/h11-18,20,22-24H,2-10H2,1H3,(H,21,25)/t11?,12?,13?,14?,15-,16?,17?,18?/m1/s1. The van der Waals surface area contributed by atoms with Crippen molar-refractivity contribution in [3.8, 4) is 0 Å². The molecule has 0 bridgehead atoms. The third-order valence-corrected chi connectivity index (χ3v) is 6.80. The summed E-state index contributed by atoms with van der Waals surface area (Å²) in [5, 5.41) is 19.3. The molecule has 0 aromatic carbocycles. The predicted octanol–water partition coefficient (Wildman–Crippen LogP) is -0.930. The highest BCUT2D eigenvalue weighted by atomic mass is 16.7. The van der Waals surface area contributed by atoms with Gasteiger partial charge in [0, 0.05) is 25.0 Å². The van der Waals surface area contributed by atoms with E-state index in [1.54, 1.807) is 7.11 Å². The van der Waals surface area contributed by atoms with Crippen molar-refractivity contribution in [3.63, 3.8) is 0 Å². The average Bonchev–Trinajstić information content (AvgIpc) is 3.35. The number of carbonyl (C=O) groups excluding carboxylic acids is 1. The number of hydroxylamine groups is 1. The average molecular weight is 399 g/mol. The fourth-order valence-corrected chi connectivity index (χ4v) is 5.21. The van der Waals surface area contributed by atoms with Crippen molar-refractivity contribution in [1.82, 2.24) is 21.4 Å². The summed E-state index contributed by atoms with van der Waals surface area (Å²) in [5.74, 6) is 0.918. The Morgan fingerprint density at radius 1 is 1.29 bits per heavy atom. The Morgan fingerprint density at radius 2 is 2.18 bits per heavy atom. The van der Waals surface area contributed by atoms with Crippen LogP contribution in [0.15, 0.2) is 0 Å². The SMILES string of the molecule is COCC1NC(C2CCC3C(C2)OC[C@H]3NC(=O)C2CCNC(CO)C2)NO1. The maximum Gasteiger partial charge on any atom is 0.223 e. The number of hydrogen-bond acceptors (Lipinski definition) is 8. The Kier molecular flexibility index (Phi) is 6.82. The van der Waals surface area contributed by atoms with Gasteiger partial charge in [0.2, 0.25) is 5.91 Å². The molecule has 4 aliphatic rings. The van der Waals surface area contributed by atoms with Crippen LogP contribution in [0.1, 0.15) is 32.1 Å². The Morgan fingerprint density at radius 3 is 3.00 bits per heavy atom. The van der Waals surface area contributed by atoms with E-state index < -0.39 is 0 Å². The van der Waals surface area contributed by atoms with Crippen LogP contribution >= 0.6 is 0 Å². The van der Waals surface area contributed by atoms with Crippen LogP contribution in [0.25, 0.3) is 0 Å². The van der Waals surface area contributed by atoms with Crippen LogP contribution < -0.4 is 21.4 Å². The first-order chi connectivity index (χ1) is 13.7. The van der Waals surface area contributed by atoms with Crippen LogP contribution in [-0.4, -0.2) is 75.1 Å². The largest absolute Gasteiger partial charge is 0.395 e. The molecule has 1 aliphatic carbocycles. The van der Waals surface area contributed by atoms with Crippen molar-refractivity contribution in [3.05, 3.63) is 0 Å². The first-order valence-electron chi connectivity index (χ1n) is 10.6. The van der Waals surface area contributed by atoms with E-state index in [2.05, 4.69) is 21.4 Å². The minimum atomic E-state index is -0.114. The molecule has 0 spiro atoms. The van der Waals surface area contributed by atoms with Crippen molar-refractivity contribution in [1.29, 1.82) is 0 Å². The molecule has 5 N–H and O–H groups in total. The highest BCUT2D eigenvalue weighted by Crippen LogP contribution is 2.39. The molecule has 28 heavy (non-hydrogen) atoms. The Hall–Kier alpha value is -0.810.